The minimum atomic E-state index is -2.99. The molecule has 1 aliphatic rings. The summed E-state index contributed by atoms with van der Waals surface area (Å²) in [5.74, 6) is -0.0935. The maximum atomic E-state index is 11.8. The first kappa shape index (κ1) is 13.8. The highest BCUT2D eigenvalue weighted by atomic mass is 35.5. The van der Waals surface area contributed by atoms with Gasteiger partial charge in [-0.05, 0) is 17.9 Å². The number of rotatable bonds is 4. The van der Waals surface area contributed by atoms with Crippen LogP contribution in [0.2, 0.25) is 0 Å². The van der Waals surface area contributed by atoms with Gasteiger partial charge in [0, 0.05) is 10.9 Å². The van der Waals surface area contributed by atoms with Gasteiger partial charge in [-0.2, -0.15) is 0 Å². The second-order valence-corrected chi connectivity index (χ2v) is 7.82. The zero-order chi connectivity index (χ0) is 13.2. The summed E-state index contributed by atoms with van der Waals surface area (Å²) in [6.07, 6.45) is 0.510. The van der Waals surface area contributed by atoms with Gasteiger partial charge in [-0.25, -0.2) is 8.42 Å². The minimum absolute atomic E-state index is 0.0566. The molecule has 0 saturated carbocycles. The van der Waals surface area contributed by atoms with Crippen molar-refractivity contribution in [2.75, 3.05) is 17.4 Å². The molecule has 1 fully saturated rings. The first-order valence-corrected chi connectivity index (χ1v) is 8.83. The van der Waals surface area contributed by atoms with Crippen LogP contribution in [0.3, 0.4) is 0 Å². The standard InChI is InChI=1S/C11H14ClNO3S2/c12-6-11(14)13(7-10-2-1-4-17-10)9-3-5-18(15,16)8-9/h1-2,4,9H,3,5-8H2. The van der Waals surface area contributed by atoms with Gasteiger partial charge in [0.1, 0.15) is 5.88 Å². The number of halogens is 1. The van der Waals surface area contributed by atoms with Crippen LogP contribution in [0.1, 0.15) is 11.3 Å². The van der Waals surface area contributed by atoms with Crippen molar-refractivity contribution in [3.8, 4) is 0 Å². The Balaban J connectivity index is 2.13. The maximum absolute atomic E-state index is 11.8. The zero-order valence-electron chi connectivity index (χ0n) is 9.71. The van der Waals surface area contributed by atoms with Crippen molar-refractivity contribution in [1.29, 1.82) is 0 Å². The van der Waals surface area contributed by atoms with E-state index in [1.165, 1.54) is 0 Å². The molecule has 0 spiro atoms. The van der Waals surface area contributed by atoms with E-state index in [0.717, 1.165) is 4.88 Å². The predicted octanol–water partition coefficient (Wildman–Crippen LogP) is 1.50. The van der Waals surface area contributed by atoms with Crippen LogP contribution in [0.4, 0.5) is 0 Å². The number of hydrogen-bond donors (Lipinski definition) is 0. The van der Waals surface area contributed by atoms with Gasteiger partial charge >= 0.3 is 0 Å². The fourth-order valence-electron chi connectivity index (χ4n) is 2.09. The van der Waals surface area contributed by atoms with Crippen LogP contribution in [0.5, 0.6) is 0 Å². The van der Waals surface area contributed by atoms with Crippen molar-refractivity contribution in [3.63, 3.8) is 0 Å². The number of amides is 1. The highest BCUT2D eigenvalue weighted by Gasteiger charge is 2.34. The number of hydrogen-bond acceptors (Lipinski definition) is 4. The lowest BCUT2D eigenvalue weighted by Crippen LogP contribution is -2.41. The fourth-order valence-corrected chi connectivity index (χ4v) is 4.68. The molecule has 0 aromatic carbocycles. The smallest absolute Gasteiger partial charge is 0.238 e. The van der Waals surface area contributed by atoms with E-state index in [9.17, 15) is 13.2 Å². The third kappa shape index (κ3) is 3.24. The highest BCUT2D eigenvalue weighted by molar-refractivity contribution is 7.91. The van der Waals surface area contributed by atoms with E-state index in [-0.39, 0.29) is 29.3 Å². The largest absolute Gasteiger partial charge is 0.332 e. The quantitative estimate of drug-likeness (QED) is 0.792. The molecule has 4 nitrogen and oxygen atoms in total. The van der Waals surface area contributed by atoms with Crippen molar-refractivity contribution < 1.29 is 13.2 Å². The average Bonchev–Trinajstić information content (AvgIpc) is 2.94. The predicted molar refractivity (Wildman–Crippen MR) is 72.6 cm³/mol. The van der Waals surface area contributed by atoms with Crippen LogP contribution in [-0.4, -0.2) is 42.7 Å². The second-order valence-electron chi connectivity index (χ2n) is 4.29. The normalized spacial score (nSPS) is 21.9. The Morgan fingerprint density at radius 2 is 2.33 bits per heavy atom. The first-order chi connectivity index (χ1) is 8.52. The number of nitrogens with zero attached hydrogens (tertiary/aromatic N) is 1. The first-order valence-electron chi connectivity index (χ1n) is 5.60. The molecule has 18 heavy (non-hydrogen) atoms. The summed E-state index contributed by atoms with van der Waals surface area (Å²) in [6, 6.07) is 3.61. The lowest BCUT2D eigenvalue weighted by molar-refractivity contribution is -0.130. The molecule has 1 aromatic rings. The SMILES string of the molecule is O=C(CCl)N(Cc1cccs1)C1CCS(=O)(=O)C1. The maximum Gasteiger partial charge on any atom is 0.238 e. The number of thiophene rings is 1. The second kappa shape index (κ2) is 5.59. The average molecular weight is 308 g/mol. The third-order valence-corrected chi connectivity index (χ3v) is 5.83. The lowest BCUT2D eigenvalue weighted by atomic mass is 10.2. The van der Waals surface area contributed by atoms with E-state index in [1.807, 2.05) is 17.5 Å². The molecule has 2 rings (SSSR count). The molecule has 0 radical (unpaired) electrons. The summed E-state index contributed by atoms with van der Waals surface area (Å²) in [5.41, 5.74) is 0. The highest BCUT2D eigenvalue weighted by Crippen LogP contribution is 2.22. The Bertz CT molecular complexity index is 512. The Morgan fingerprint density at radius 1 is 1.56 bits per heavy atom. The number of carbonyl (C=O) groups is 1. The van der Waals surface area contributed by atoms with Gasteiger partial charge in [-0.3, -0.25) is 4.79 Å². The molecule has 2 heterocycles. The van der Waals surface area contributed by atoms with Gasteiger partial charge in [-0.15, -0.1) is 22.9 Å². The van der Waals surface area contributed by atoms with Crippen molar-refractivity contribution in [1.82, 2.24) is 4.90 Å². The summed E-state index contributed by atoms with van der Waals surface area (Å²) in [6.45, 7) is 0.448. The van der Waals surface area contributed by atoms with Crippen LogP contribution >= 0.6 is 22.9 Å². The molecule has 1 aromatic heterocycles. The van der Waals surface area contributed by atoms with Gasteiger partial charge in [0.25, 0.3) is 0 Å². The van der Waals surface area contributed by atoms with Crippen LogP contribution in [0.25, 0.3) is 0 Å². The number of alkyl halides is 1. The minimum Gasteiger partial charge on any atom is -0.332 e. The van der Waals surface area contributed by atoms with Crippen molar-refractivity contribution in [3.05, 3.63) is 22.4 Å². The zero-order valence-corrected chi connectivity index (χ0v) is 12.1. The monoisotopic (exact) mass is 307 g/mol. The summed E-state index contributed by atoms with van der Waals surface area (Å²) in [5, 5.41) is 1.93. The molecule has 1 amide bonds. The van der Waals surface area contributed by atoms with Gasteiger partial charge in [-0.1, -0.05) is 6.07 Å². The van der Waals surface area contributed by atoms with Crippen molar-refractivity contribution in [2.45, 2.75) is 19.0 Å². The van der Waals surface area contributed by atoms with Crippen LogP contribution < -0.4 is 0 Å². The van der Waals surface area contributed by atoms with E-state index in [0.29, 0.717) is 13.0 Å². The summed E-state index contributed by atoms with van der Waals surface area (Å²) in [7, 11) is -2.99. The molecule has 1 saturated heterocycles. The fraction of sp³-hybridized carbons (Fsp3) is 0.545. The van der Waals surface area contributed by atoms with Gasteiger partial charge < -0.3 is 4.90 Å². The van der Waals surface area contributed by atoms with Crippen LogP contribution in [0, 0.1) is 0 Å². The van der Waals surface area contributed by atoms with Crippen LogP contribution in [0.15, 0.2) is 17.5 Å². The van der Waals surface area contributed by atoms with E-state index in [2.05, 4.69) is 0 Å². The van der Waals surface area contributed by atoms with Gasteiger partial charge in [0.15, 0.2) is 9.84 Å². The Labute approximate surface area is 115 Å². The Kier molecular flexibility index (Phi) is 4.29. The molecule has 0 N–H and O–H groups in total. The Morgan fingerprint density at radius 3 is 2.83 bits per heavy atom. The lowest BCUT2D eigenvalue weighted by Gasteiger charge is -2.27. The molecule has 0 bridgehead atoms. The summed E-state index contributed by atoms with van der Waals surface area (Å²) >= 11 is 7.15. The van der Waals surface area contributed by atoms with E-state index in [1.54, 1.807) is 16.2 Å². The van der Waals surface area contributed by atoms with Gasteiger partial charge in [0.05, 0.1) is 18.1 Å². The molecule has 100 valence electrons. The molecule has 0 aliphatic carbocycles. The van der Waals surface area contributed by atoms with Crippen molar-refractivity contribution in [2.24, 2.45) is 0 Å². The summed E-state index contributed by atoms with van der Waals surface area (Å²) < 4.78 is 23.0. The molecule has 7 heteroatoms. The molecule has 1 aliphatic heterocycles. The molecule has 1 atom stereocenters. The van der Waals surface area contributed by atoms with Crippen LogP contribution in [-0.2, 0) is 21.2 Å². The van der Waals surface area contributed by atoms with E-state index in [4.69, 9.17) is 11.6 Å². The molecule has 1 unspecified atom stereocenters. The topological polar surface area (TPSA) is 54.5 Å². The number of sulfone groups is 1. The van der Waals surface area contributed by atoms with Crippen molar-refractivity contribution >= 4 is 38.7 Å². The summed E-state index contributed by atoms with van der Waals surface area (Å²) in [4.78, 5) is 14.5. The van der Waals surface area contributed by atoms with E-state index >= 15 is 0 Å². The number of carbonyl (C=O) groups excluding carboxylic acids is 1. The molecular weight excluding hydrogens is 294 g/mol. The van der Waals surface area contributed by atoms with E-state index < -0.39 is 9.84 Å². The third-order valence-electron chi connectivity index (χ3n) is 2.99. The van der Waals surface area contributed by atoms with Gasteiger partial charge in [0.2, 0.25) is 5.91 Å². The Hall–Kier alpha value is -0.590. The molecular formula is C11H14ClNO3S2.